The second-order valence-corrected chi connectivity index (χ2v) is 8.48. The number of rotatable bonds is 8. The summed E-state index contributed by atoms with van der Waals surface area (Å²) >= 11 is 0. The molecule has 9 heteroatoms. The lowest BCUT2D eigenvalue weighted by Gasteiger charge is -2.37. The number of ether oxygens (including phenoxy) is 2. The van der Waals surface area contributed by atoms with Gasteiger partial charge in [0.15, 0.2) is 0 Å². The van der Waals surface area contributed by atoms with Crippen LogP contribution < -0.4 is 10.1 Å². The Labute approximate surface area is 211 Å². The molecule has 1 aliphatic rings. The van der Waals surface area contributed by atoms with Crippen LogP contribution in [-0.2, 0) is 9.53 Å². The molecule has 1 saturated heterocycles. The number of hydrogen-bond donors (Lipinski definition) is 1. The van der Waals surface area contributed by atoms with Crippen molar-refractivity contribution in [2.75, 3.05) is 45.2 Å². The molecule has 2 heterocycles. The first-order valence-electron chi connectivity index (χ1n) is 12.0. The Morgan fingerprint density at radius 2 is 1.58 bits per heavy atom. The van der Waals surface area contributed by atoms with Crippen LogP contribution in [0, 0.1) is 0 Å². The number of methoxy groups -OCH3 is 1. The zero-order chi connectivity index (χ0) is 25.5. The topological polar surface area (TPSA) is 96.9 Å². The molecule has 1 aliphatic heterocycles. The Morgan fingerprint density at radius 3 is 2.17 bits per heavy atom. The fourth-order valence-electron chi connectivity index (χ4n) is 4.06. The molecule has 1 atom stereocenters. The first kappa shape index (κ1) is 25.1. The third-order valence-corrected chi connectivity index (χ3v) is 6.24. The van der Waals surface area contributed by atoms with E-state index in [4.69, 9.17) is 9.47 Å². The van der Waals surface area contributed by atoms with E-state index in [2.05, 4.69) is 20.2 Å². The van der Waals surface area contributed by atoms with Gasteiger partial charge >= 0.3 is 5.97 Å². The number of anilines is 2. The maximum Gasteiger partial charge on any atom is 0.323 e. The summed E-state index contributed by atoms with van der Waals surface area (Å²) in [6.45, 7) is 6.41. The van der Waals surface area contributed by atoms with E-state index in [9.17, 15) is 9.59 Å². The van der Waals surface area contributed by atoms with Crippen molar-refractivity contribution in [3.8, 4) is 16.9 Å². The number of nitrogens with one attached hydrogen (secondary N) is 1. The molecule has 4 rings (SSSR count). The first-order valence-corrected chi connectivity index (χ1v) is 12.0. The van der Waals surface area contributed by atoms with Crippen molar-refractivity contribution in [3.63, 3.8) is 0 Å². The standard InChI is InChI=1S/C27H31N5O4/c1-4-36-26(34)19(2)31-13-15-32(16-14-31)25(33)21-5-9-23(10-6-21)30-27-28-17-22(18-29-27)20-7-11-24(35-3)12-8-20/h5-12,17-19H,4,13-16H2,1-3H3,(H,28,29,30). The molecule has 9 nitrogen and oxygen atoms in total. The quantitative estimate of drug-likeness (QED) is 0.480. The molecular weight excluding hydrogens is 458 g/mol. The smallest absolute Gasteiger partial charge is 0.323 e. The van der Waals surface area contributed by atoms with Gasteiger partial charge in [-0.1, -0.05) is 12.1 Å². The van der Waals surface area contributed by atoms with Crippen LogP contribution in [-0.4, -0.2) is 77.6 Å². The number of aromatic nitrogens is 2. The number of nitrogens with zero attached hydrogens (tertiary/aromatic N) is 4. The SMILES string of the molecule is CCOC(=O)C(C)N1CCN(C(=O)c2ccc(Nc3ncc(-c4ccc(OC)cc4)cn3)cc2)CC1. The van der Waals surface area contributed by atoms with E-state index in [1.54, 1.807) is 38.6 Å². The van der Waals surface area contributed by atoms with E-state index in [1.807, 2.05) is 48.2 Å². The normalized spacial score (nSPS) is 14.7. The van der Waals surface area contributed by atoms with Gasteiger partial charge in [-0.3, -0.25) is 14.5 Å². The molecule has 0 spiro atoms. The third kappa shape index (κ3) is 5.98. The molecule has 1 fully saturated rings. The van der Waals surface area contributed by atoms with Gasteiger partial charge in [0.2, 0.25) is 5.95 Å². The summed E-state index contributed by atoms with van der Waals surface area (Å²) in [7, 11) is 1.64. The first-order chi connectivity index (χ1) is 17.5. The number of carbonyl (C=O) groups excluding carboxylic acids is 2. The average molecular weight is 490 g/mol. The number of esters is 1. The Balaban J connectivity index is 1.31. The van der Waals surface area contributed by atoms with Crippen molar-refractivity contribution in [1.29, 1.82) is 0 Å². The molecule has 3 aromatic rings. The van der Waals surface area contributed by atoms with E-state index in [1.165, 1.54) is 0 Å². The van der Waals surface area contributed by atoms with Crippen molar-refractivity contribution in [2.45, 2.75) is 19.9 Å². The molecule has 1 unspecified atom stereocenters. The number of benzene rings is 2. The van der Waals surface area contributed by atoms with E-state index < -0.39 is 0 Å². The van der Waals surface area contributed by atoms with E-state index in [0.29, 0.717) is 44.3 Å². The predicted molar refractivity (Wildman–Crippen MR) is 137 cm³/mol. The highest BCUT2D eigenvalue weighted by Crippen LogP contribution is 2.22. The van der Waals surface area contributed by atoms with Crippen molar-refractivity contribution >= 4 is 23.5 Å². The van der Waals surface area contributed by atoms with Gasteiger partial charge in [0.05, 0.1) is 13.7 Å². The van der Waals surface area contributed by atoms with E-state index in [0.717, 1.165) is 22.6 Å². The van der Waals surface area contributed by atoms with Gasteiger partial charge < -0.3 is 19.7 Å². The molecular formula is C27H31N5O4. The van der Waals surface area contributed by atoms with Gasteiger partial charge in [0, 0.05) is 55.4 Å². The van der Waals surface area contributed by atoms with Gasteiger partial charge in [-0.15, -0.1) is 0 Å². The summed E-state index contributed by atoms with van der Waals surface area (Å²) in [5.41, 5.74) is 3.31. The molecule has 2 aromatic carbocycles. The van der Waals surface area contributed by atoms with Crippen LogP contribution in [0.25, 0.3) is 11.1 Å². The summed E-state index contributed by atoms with van der Waals surface area (Å²) in [4.78, 5) is 37.6. The van der Waals surface area contributed by atoms with E-state index >= 15 is 0 Å². The molecule has 188 valence electrons. The molecule has 0 radical (unpaired) electrons. The number of piperazine rings is 1. The van der Waals surface area contributed by atoms with Crippen LogP contribution in [0.5, 0.6) is 5.75 Å². The largest absolute Gasteiger partial charge is 0.497 e. The highest BCUT2D eigenvalue weighted by Gasteiger charge is 2.28. The molecule has 36 heavy (non-hydrogen) atoms. The summed E-state index contributed by atoms with van der Waals surface area (Å²) in [6.07, 6.45) is 3.52. The second-order valence-electron chi connectivity index (χ2n) is 8.48. The van der Waals surface area contributed by atoms with Gasteiger partial charge in [-0.25, -0.2) is 9.97 Å². The summed E-state index contributed by atoms with van der Waals surface area (Å²) in [6, 6.07) is 14.7. The van der Waals surface area contributed by atoms with Crippen LogP contribution in [0.4, 0.5) is 11.6 Å². The van der Waals surface area contributed by atoms with Crippen LogP contribution >= 0.6 is 0 Å². The van der Waals surface area contributed by atoms with Crippen LogP contribution in [0.15, 0.2) is 60.9 Å². The maximum absolute atomic E-state index is 13.0. The molecule has 0 bridgehead atoms. The lowest BCUT2D eigenvalue weighted by Crippen LogP contribution is -2.53. The second kappa shape index (κ2) is 11.6. The zero-order valence-corrected chi connectivity index (χ0v) is 20.8. The van der Waals surface area contributed by atoms with Crippen LogP contribution in [0.3, 0.4) is 0 Å². The molecule has 0 saturated carbocycles. The van der Waals surface area contributed by atoms with Gasteiger partial charge in [0.25, 0.3) is 5.91 Å². The highest BCUT2D eigenvalue weighted by molar-refractivity contribution is 5.94. The summed E-state index contributed by atoms with van der Waals surface area (Å²) < 4.78 is 10.3. The lowest BCUT2D eigenvalue weighted by molar-refractivity contribution is -0.149. The van der Waals surface area contributed by atoms with Crippen LogP contribution in [0.1, 0.15) is 24.2 Å². The van der Waals surface area contributed by atoms with Crippen molar-refractivity contribution in [2.24, 2.45) is 0 Å². The Hall–Kier alpha value is -3.98. The third-order valence-electron chi connectivity index (χ3n) is 6.24. The Morgan fingerprint density at radius 1 is 0.944 bits per heavy atom. The fraction of sp³-hybridized carbons (Fsp3) is 0.333. The van der Waals surface area contributed by atoms with Gasteiger partial charge in [-0.2, -0.15) is 0 Å². The maximum atomic E-state index is 13.0. The number of carbonyl (C=O) groups is 2. The minimum absolute atomic E-state index is 0.0231. The van der Waals surface area contributed by atoms with Crippen molar-refractivity contribution in [1.82, 2.24) is 19.8 Å². The fourth-order valence-corrected chi connectivity index (χ4v) is 4.06. The lowest BCUT2D eigenvalue weighted by atomic mass is 10.1. The predicted octanol–water partition coefficient (Wildman–Crippen LogP) is 3.61. The van der Waals surface area contributed by atoms with Crippen molar-refractivity contribution in [3.05, 3.63) is 66.5 Å². The average Bonchev–Trinajstić information content (AvgIpc) is 2.93. The highest BCUT2D eigenvalue weighted by atomic mass is 16.5. The van der Waals surface area contributed by atoms with Gasteiger partial charge in [-0.05, 0) is 55.8 Å². The Bertz CT molecular complexity index is 1160. The van der Waals surface area contributed by atoms with Crippen LogP contribution in [0.2, 0.25) is 0 Å². The summed E-state index contributed by atoms with van der Waals surface area (Å²) in [5, 5.41) is 3.17. The van der Waals surface area contributed by atoms with E-state index in [-0.39, 0.29) is 17.9 Å². The Kier molecular flexibility index (Phi) is 8.12. The molecule has 1 amide bonds. The molecule has 1 N–H and O–H groups in total. The molecule has 0 aliphatic carbocycles. The minimum atomic E-state index is -0.306. The zero-order valence-electron chi connectivity index (χ0n) is 20.8. The number of hydrogen-bond acceptors (Lipinski definition) is 8. The molecule has 1 aromatic heterocycles. The minimum Gasteiger partial charge on any atom is -0.497 e. The van der Waals surface area contributed by atoms with Gasteiger partial charge in [0.1, 0.15) is 11.8 Å². The monoisotopic (exact) mass is 489 g/mol. The summed E-state index contributed by atoms with van der Waals surface area (Å²) in [5.74, 6) is 1.02. The van der Waals surface area contributed by atoms with Crippen molar-refractivity contribution < 1.29 is 19.1 Å². The number of amides is 1.